The zero-order valence-corrected chi connectivity index (χ0v) is 14.2. The van der Waals surface area contributed by atoms with Crippen molar-refractivity contribution in [2.24, 2.45) is 0 Å². The molecule has 0 aromatic carbocycles. The highest BCUT2D eigenvalue weighted by Crippen LogP contribution is 2.41. The number of hydrogen-bond acceptors (Lipinski definition) is 7. The highest BCUT2D eigenvalue weighted by molar-refractivity contribution is 7.99. The topological polar surface area (TPSA) is 86.7 Å². The lowest BCUT2D eigenvalue weighted by molar-refractivity contribution is -0.388. The molecule has 0 amide bonds. The quantitative estimate of drug-likeness (QED) is 0.492. The van der Waals surface area contributed by atoms with E-state index in [0.29, 0.717) is 16.2 Å². The first-order valence-corrected chi connectivity index (χ1v) is 9.15. The largest absolute Gasteiger partial charge is 0.302 e. The van der Waals surface area contributed by atoms with Crippen molar-refractivity contribution in [3.63, 3.8) is 0 Å². The Balaban J connectivity index is 1.67. The third-order valence-corrected chi connectivity index (χ3v) is 5.54. The van der Waals surface area contributed by atoms with Crippen LogP contribution in [-0.4, -0.2) is 24.7 Å². The predicted octanol–water partition coefficient (Wildman–Crippen LogP) is 3.72. The average Bonchev–Trinajstić information content (AvgIpc) is 3.13. The Labute approximate surface area is 145 Å². The summed E-state index contributed by atoms with van der Waals surface area (Å²) in [6.07, 6.45) is 4.46. The van der Waals surface area contributed by atoms with E-state index < -0.39 is 4.92 Å². The van der Waals surface area contributed by atoms with Crippen LogP contribution >= 0.6 is 23.1 Å². The minimum absolute atomic E-state index is 0.00680. The number of aromatic nitrogens is 4. The maximum Gasteiger partial charge on any atom is 0.301 e. The van der Waals surface area contributed by atoms with Crippen LogP contribution in [-0.2, 0) is 6.42 Å². The van der Waals surface area contributed by atoms with E-state index >= 15 is 0 Å². The van der Waals surface area contributed by atoms with Crippen LogP contribution in [0.25, 0.3) is 0 Å². The summed E-state index contributed by atoms with van der Waals surface area (Å²) in [4.78, 5) is 16.1. The van der Waals surface area contributed by atoms with Crippen molar-refractivity contribution in [3.05, 3.63) is 56.7 Å². The normalized spacial score (nSPS) is 14.0. The Hall–Kier alpha value is -2.26. The molecule has 4 rings (SSSR count). The van der Waals surface area contributed by atoms with E-state index in [-0.39, 0.29) is 5.69 Å². The zero-order valence-electron chi connectivity index (χ0n) is 12.5. The predicted molar refractivity (Wildman–Crippen MR) is 90.4 cm³/mol. The second-order valence-corrected chi connectivity index (χ2v) is 7.43. The summed E-state index contributed by atoms with van der Waals surface area (Å²) in [5.41, 5.74) is -0.00680. The van der Waals surface area contributed by atoms with Gasteiger partial charge in [-0.3, -0.25) is 10.1 Å². The Bertz CT molecular complexity index is 874. The third kappa shape index (κ3) is 3.04. The van der Waals surface area contributed by atoms with Crippen LogP contribution in [0.15, 0.2) is 46.0 Å². The Morgan fingerprint density at radius 3 is 2.92 bits per heavy atom. The molecule has 0 N–H and O–H groups in total. The summed E-state index contributed by atoms with van der Waals surface area (Å²) in [7, 11) is 0. The van der Waals surface area contributed by atoms with Crippen molar-refractivity contribution >= 4 is 28.8 Å². The zero-order chi connectivity index (χ0) is 16.5. The molecule has 1 aliphatic carbocycles. The first-order valence-electron chi connectivity index (χ1n) is 7.46. The molecule has 3 heterocycles. The molecule has 0 unspecified atom stereocenters. The molecule has 7 nitrogen and oxygen atoms in total. The van der Waals surface area contributed by atoms with Crippen LogP contribution < -0.4 is 0 Å². The van der Waals surface area contributed by atoms with Crippen LogP contribution in [0, 0.1) is 10.1 Å². The van der Waals surface area contributed by atoms with E-state index in [0.717, 1.165) is 25.1 Å². The molecule has 3 aromatic heterocycles. The first-order chi connectivity index (χ1) is 11.7. The summed E-state index contributed by atoms with van der Waals surface area (Å²) >= 11 is 2.90. The van der Waals surface area contributed by atoms with E-state index in [2.05, 4.69) is 25.8 Å². The van der Waals surface area contributed by atoms with Crippen LogP contribution in [0.4, 0.5) is 5.69 Å². The standard InChI is InChI=1S/C15H13N5O2S2/c21-20(22)12-4-1-7-16-14(12)24-15-18-17-13(19(15)10-5-6-10)9-11-3-2-8-23-11/h1-4,7-8,10H,5-6,9H2. The van der Waals surface area contributed by atoms with E-state index in [4.69, 9.17) is 0 Å². The van der Waals surface area contributed by atoms with E-state index in [1.54, 1.807) is 23.6 Å². The lowest BCUT2D eigenvalue weighted by Crippen LogP contribution is -2.03. The summed E-state index contributed by atoms with van der Waals surface area (Å²) in [5.74, 6) is 0.904. The Morgan fingerprint density at radius 1 is 1.33 bits per heavy atom. The van der Waals surface area contributed by atoms with Crippen LogP contribution in [0.3, 0.4) is 0 Å². The SMILES string of the molecule is O=[N+]([O-])c1cccnc1Sc1nnc(Cc2cccs2)n1C1CC1. The molecule has 0 aliphatic heterocycles. The number of pyridine rings is 1. The van der Waals surface area contributed by atoms with Gasteiger partial charge in [0.25, 0.3) is 0 Å². The molecule has 1 aliphatic rings. The van der Waals surface area contributed by atoms with Crippen molar-refractivity contribution in [2.45, 2.75) is 35.5 Å². The number of thiophene rings is 1. The van der Waals surface area contributed by atoms with Gasteiger partial charge in [-0.1, -0.05) is 6.07 Å². The maximum atomic E-state index is 11.2. The van der Waals surface area contributed by atoms with Crippen LogP contribution in [0.2, 0.25) is 0 Å². The minimum Gasteiger partial charge on any atom is -0.302 e. The van der Waals surface area contributed by atoms with Gasteiger partial charge in [0.1, 0.15) is 5.82 Å². The molecule has 0 radical (unpaired) electrons. The molecule has 0 atom stereocenters. The van der Waals surface area contributed by atoms with Gasteiger partial charge in [-0.25, -0.2) is 4.98 Å². The highest BCUT2D eigenvalue weighted by atomic mass is 32.2. The van der Waals surface area contributed by atoms with Gasteiger partial charge < -0.3 is 4.57 Å². The van der Waals surface area contributed by atoms with Crippen molar-refractivity contribution < 1.29 is 4.92 Å². The van der Waals surface area contributed by atoms with Gasteiger partial charge in [0.05, 0.1) is 4.92 Å². The molecule has 1 fully saturated rings. The minimum atomic E-state index is -0.417. The maximum absolute atomic E-state index is 11.2. The Kier molecular flexibility index (Phi) is 4.03. The third-order valence-electron chi connectivity index (χ3n) is 3.70. The van der Waals surface area contributed by atoms with Crippen molar-refractivity contribution in [1.82, 2.24) is 19.7 Å². The Morgan fingerprint density at radius 2 is 2.21 bits per heavy atom. The molecular weight excluding hydrogens is 346 g/mol. The van der Waals surface area contributed by atoms with Gasteiger partial charge >= 0.3 is 5.69 Å². The van der Waals surface area contributed by atoms with Gasteiger partial charge in [0.2, 0.25) is 0 Å². The summed E-state index contributed by atoms with van der Waals surface area (Å²) in [6.45, 7) is 0. The molecule has 24 heavy (non-hydrogen) atoms. The van der Waals surface area contributed by atoms with Gasteiger partial charge in [-0.15, -0.1) is 21.5 Å². The molecule has 0 spiro atoms. The molecule has 122 valence electrons. The smallest absolute Gasteiger partial charge is 0.301 e. The average molecular weight is 359 g/mol. The molecule has 0 saturated heterocycles. The second kappa shape index (κ2) is 6.33. The molecule has 1 saturated carbocycles. The van der Waals surface area contributed by atoms with Gasteiger partial charge in [0.15, 0.2) is 10.2 Å². The molecule has 9 heteroatoms. The first kappa shape index (κ1) is 15.3. The number of rotatable bonds is 6. The lowest BCUT2D eigenvalue weighted by atomic mass is 10.3. The lowest BCUT2D eigenvalue weighted by Gasteiger charge is -2.07. The fraction of sp³-hybridized carbons (Fsp3) is 0.267. The van der Waals surface area contributed by atoms with Gasteiger partial charge in [-0.2, -0.15) is 0 Å². The molecule has 0 bridgehead atoms. The number of nitro groups is 1. The monoisotopic (exact) mass is 359 g/mol. The van der Waals surface area contributed by atoms with Crippen molar-refractivity contribution in [3.8, 4) is 0 Å². The summed E-state index contributed by atoms with van der Waals surface area (Å²) in [6, 6.07) is 7.51. The van der Waals surface area contributed by atoms with E-state index in [9.17, 15) is 10.1 Å². The van der Waals surface area contributed by atoms with Gasteiger partial charge in [-0.05, 0) is 42.1 Å². The molecule has 3 aromatic rings. The second-order valence-electron chi connectivity index (χ2n) is 5.44. The van der Waals surface area contributed by atoms with Gasteiger partial charge in [0, 0.05) is 29.6 Å². The van der Waals surface area contributed by atoms with Crippen molar-refractivity contribution in [2.75, 3.05) is 0 Å². The fourth-order valence-corrected chi connectivity index (χ4v) is 4.12. The van der Waals surface area contributed by atoms with Crippen LogP contribution in [0.1, 0.15) is 29.6 Å². The van der Waals surface area contributed by atoms with Crippen LogP contribution in [0.5, 0.6) is 0 Å². The summed E-state index contributed by atoms with van der Waals surface area (Å²) < 4.78 is 2.11. The number of hydrogen-bond donors (Lipinski definition) is 0. The summed E-state index contributed by atoms with van der Waals surface area (Å²) in [5, 5.41) is 22.8. The van der Waals surface area contributed by atoms with Crippen molar-refractivity contribution in [1.29, 1.82) is 0 Å². The van der Waals surface area contributed by atoms with E-state index in [1.807, 2.05) is 11.4 Å². The van der Waals surface area contributed by atoms with E-state index in [1.165, 1.54) is 22.7 Å². The highest BCUT2D eigenvalue weighted by Gasteiger charge is 2.31. The number of nitrogens with zero attached hydrogens (tertiary/aromatic N) is 5. The fourth-order valence-electron chi connectivity index (χ4n) is 2.45. The molecular formula is C15H13N5O2S2.